The molecule has 0 radical (unpaired) electrons. The predicted octanol–water partition coefficient (Wildman–Crippen LogP) is -0.892. The standard InChI is InChI=1S/C10H15N5O6P2/c11-10-13-8-7(9(16)14-10)12-5-15(8)3-1-2-4-21-22(17)6-23(18,19)20/h5-6H,1-4H2,(H2,18,19,20)(H3,11,13,14,16). The average molecular weight is 363 g/mol. The zero-order valence-electron chi connectivity index (χ0n) is 11.8. The van der Waals surface area contributed by atoms with Crippen LogP contribution in [0.4, 0.5) is 5.95 Å². The summed E-state index contributed by atoms with van der Waals surface area (Å²) in [5, 5.41) is 0. The number of hydrogen-bond donors (Lipinski definition) is 4. The van der Waals surface area contributed by atoms with Gasteiger partial charge >= 0.3 is 7.60 Å². The van der Waals surface area contributed by atoms with Crippen molar-refractivity contribution in [3.8, 4) is 0 Å². The number of nitrogens with two attached hydrogens (primary N) is 1. The van der Waals surface area contributed by atoms with Crippen molar-refractivity contribution in [2.75, 3.05) is 12.3 Å². The third-order valence-electron chi connectivity index (χ3n) is 2.75. The molecule has 23 heavy (non-hydrogen) atoms. The number of nitrogen functional groups attached to an aromatic ring is 1. The molecular weight excluding hydrogens is 348 g/mol. The second kappa shape index (κ2) is 7.31. The molecule has 2 heterocycles. The van der Waals surface area contributed by atoms with Crippen LogP contribution in [0.1, 0.15) is 12.8 Å². The van der Waals surface area contributed by atoms with Gasteiger partial charge in [0.15, 0.2) is 11.2 Å². The molecule has 0 aliphatic heterocycles. The summed E-state index contributed by atoms with van der Waals surface area (Å²) in [5.41, 5.74) is 6.01. The Labute approximate surface area is 130 Å². The van der Waals surface area contributed by atoms with Gasteiger partial charge in [-0.1, -0.05) is 0 Å². The van der Waals surface area contributed by atoms with Crippen LogP contribution in [0.3, 0.4) is 0 Å². The van der Waals surface area contributed by atoms with E-state index in [1.165, 1.54) is 6.33 Å². The first-order valence-electron chi connectivity index (χ1n) is 6.47. The molecule has 1 atom stereocenters. The van der Waals surface area contributed by atoms with E-state index in [9.17, 15) is 14.3 Å². The molecule has 0 amide bonds. The first-order chi connectivity index (χ1) is 10.8. The Kier molecular flexibility index (Phi) is 5.64. The third-order valence-corrected chi connectivity index (χ3v) is 5.14. The minimum Gasteiger partial charge on any atom is -0.603 e. The van der Waals surface area contributed by atoms with Gasteiger partial charge in [-0.15, -0.1) is 0 Å². The fraction of sp³-hybridized carbons (Fsp3) is 0.400. The highest BCUT2D eigenvalue weighted by Crippen LogP contribution is 2.35. The number of anilines is 1. The van der Waals surface area contributed by atoms with Crippen molar-refractivity contribution in [3.05, 3.63) is 16.7 Å². The maximum Gasteiger partial charge on any atom is 0.393 e. The minimum absolute atomic E-state index is 0.00226. The average Bonchev–Trinajstić information content (AvgIpc) is 2.79. The number of H-pyrrole nitrogens is 1. The lowest BCUT2D eigenvalue weighted by molar-refractivity contribution is -0.172. The van der Waals surface area contributed by atoms with Gasteiger partial charge in [-0.25, -0.2) is 4.98 Å². The van der Waals surface area contributed by atoms with Crippen LogP contribution in [0.15, 0.2) is 11.1 Å². The Balaban J connectivity index is 1.87. The van der Waals surface area contributed by atoms with Crippen LogP contribution in [0.5, 0.6) is 0 Å². The van der Waals surface area contributed by atoms with E-state index >= 15 is 0 Å². The maximum absolute atomic E-state index is 11.6. The van der Waals surface area contributed by atoms with E-state index in [1.807, 2.05) is 0 Å². The monoisotopic (exact) mass is 363 g/mol. The van der Waals surface area contributed by atoms with Crippen LogP contribution in [-0.2, 0) is 15.6 Å². The molecule has 0 spiro atoms. The lowest BCUT2D eigenvalue weighted by Gasteiger charge is -2.03. The number of fused-ring (bicyclic) bond motifs is 1. The predicted molar refractivity (Wildman–Crippen MR) is 82.8 cm³/mol. The molecule has 0 fully saturated rings. The molecule has 0 aliphatic carbocycles. The molecule has 5 N–H and O–H groups in total. The summed E-state index contributed by atoms with van der Waals surface area (Å²) in [6.45, 7) is 0.559. The van der Waals surface area contributed by atoms with Gasteiger partial charge in [0, 0.05) is 6.54 Å². The molecule has 126 valence electrons. The van der Waals surface area contributed by atoms with E-state index in [0.29, 0.717) is 30.6 Å². The number of aromatic nitrogens is 4. The number of nitrogens with zero attached hydrogens (tertiary/aromatic N) is 3. The number of unbranched alkanes of at least 4 members (excludes halogenated alkanes) is 1. The summed E-state index contributed by atoms with van der Waals surface area (Å²) >= 11 is 0. The SMILES string of the molecule is Nc1nc2c(ncn2CCCCO[P+]([O-])=CP(=O)(O)O)c(=O)[nH]1. The Morgan fingerprint density at radius 2 is 2.26 bits per heavy atom. The molecule has 11 nitrogen and oxygen atoms in total. The summed E-state index contributed by atoms with van der Waals surface area (Å²) in [6.07, 6.45) is 2.56. The highest BCUT2D eigenvalue weighted by Gasteiger charge is 2.15. The maximum atomic E-state index is 11.6. The van der Waals surface area contributed by atoms with Gasteiger partial charge in [-0.3, -0.25) is 14.3 Å². The van der Waals surface area contributed by atoms with Crippen molar-refractivity contribution in [1.82, 2.24) is 19.5 Å². The number of aromatic amines is 1. The van der Waals surface area contributed by atoms with Crippen molar-refractivity contribution in [3.63, 3.8) is 0 Å². The van der Waals surface area contributed by atoms with Crippen LogP contribution in [0, 0.1) is 0 Å². The first kappa shape index (κ1) is 17.7. The Morgan fingerprint density at radius 1 is 1.52 bits per heavy atom. The second-order valence-electron chi connectivity index (χ2n) is 4.59. The number of nitrogens with one attached hydrogen (secondary N) is 1. The Hall–Kier alpha value is -1.61. The first-order valence-corrected chi connectivity index (χ1v) is 9.40. The molecule has 2 aromatic heterocycles. The molecule has 2 rings (SSSR count). The third kappa shape index (κ3) is 5.21. The van der Waals surface area contributed by atoms with E-state index < -0.39 is 21.2 Å². The van der Waals surface area contributed by atoms with Gasteiger partial charge < -0.3 is 25.0 Å². The van der Waals surface area contributed by atoms with E-state index in [2.05, 4.69) is 15.0 Å². The molecule has 0 aromatic carbocycles. The van der Waals surface area contributed by atoms with Crippen molar-refractivity contribution in [1.29, 1.82) is 0 Å². The number of aryl methyl sites for hydroxylation is 1. The van der Waals surface area contributed by atoms with Crippen molar-refractivity contribution >= 4 is 38.2 Å². The van der Waals surface area contributed by atoms with Crippen LogP contribution >= 0.6 is 15.6 Å². The minimum atomic E-state index is -4.45. The number of hydrogen-bond acceptors (Lipinski definition) is 7. The van der Waals surface area contributed by atoms with E-state index in [4.69, 9.17) is 20.0 Å². The van der Waals surface area contributed by atoms with Crippen molar-refractivity contribution in [2.24, 2.45) is 0 Å². The summed E-state index contributed by atoms with van der Waals surface area (Å²) < 4.78 is 17.0. The lowest BCUT2D eigenvalue weighted by Crippen LogP contribution is -2.12. The fourth-order valence-electron chi connectivity index (χ4n) is 1.83. The van der Waals surface area contributed by atoms with Gasteiger partial charge in [0.25, 0.3) is 5.56 Å². The zero-order chi connectivity index (χ0) is 17.0. The normalized spacial score (nSPS) is 12.9. The summed E-state index contributed by atoms with van der Waals surface area (Å²) in [7, 11) is -6.95. The largest absolute Gasteiger partial charge is 0.603 e. The number of rotatable bonds is 7. The van der Waals surface area contributed by atoms with Gasteiger partial charge in [0.05, 0.1) is 12.9 Å². The molecule has 2 aromatic rings. The number of imidazole rings is 1. The molecule has 0 bridgehead atoms. The topological polar surface area (TPSA) is 179 Å². The van der Waals surface area contributed by atoms with E-state index in [0.717, 1.165) is 0 Å². The van der Waals surface area contributed by atoms with Crippen LogP contribution in [-0.4, -0.2) is 41.5 Å². The van der Waals surface area contributed by atoms with Gasteiger partial charge in [0.1, 0.15) is 0 Å². The zero-order valence-corrected chi connectivity index (χ0v) is 13.6. The molecule has 0 saturated carbocycles. The molecule has 0 aliphatic rings. The highest BCUT2D eigenvalue weighted by atomic mass is 31.2. The van der Waals surface area contributed by atoms with E-state index in [1.54, 1.807) is 4.57 Å². The molecule has 13 heteroatoms. The van der Waals surface area contributed by atoms with Crippen LogP contribution < -0.4 is 16.2 Å². The quantitative estimate of drug-likeness (QED) is 0.358. The van der Waals surface area contributed by atoms with Crippen LogP contribution in [0.25, 0.3) is 11.2 Å². The van der Waals surface area contributed by atoms with Crippen molar-refractivity contribution < 1.29 is 23.8 Å². The van der Waals surface area contributed by atoms with Gasteiger partial charge in [-0.2, -0.15) is 9.51 Å². The highest BCUT2D eigenvalue weighted by molar-refractivity contribution is 7.79. The molecule has 1 unspecified atom stereocenters. The second-order valence-corrected chi connectivity index (χ2v) is 7.52. The van der Waals surface area contributed by atoms with Crippen LogP contribution in [0.2, 0.25) is 0 Å². The smallest absolute Gasteiger partial charge is 0.393 e. The Bertz CT molecular complexity index is 825. The van der Waals surface area contributed by atoms with Gasteiger partial charge in [-0.05, 0) is 12.8 Å². The van der Waals surface area contributed by atoms with Crippen molar-refractivity contribution in [2.45, 2.75) is 19.4 Å². The Morgan fingerprint density at radius 3 is 2.96 bits per heavy atom. The van der Waals surface area contributed by atoms with Gasteiger partial charge in [0.2, 0.25) is 19.5 Å². The molecular formula is C10H15N5O6P2. The summed E-state index contributed by atoms with van der Waals surface area (Å²) in [6, 6.07) is 0. The van der Waals surface area contributed by atoms with E-state index in [-0.39, 0.29) is 18.1 Å². The fourth-order valence-corrected chi connectivity index (χ4v) is 3.39. The summed E-state index contributed by atoms with van der Waals surface area (Å²) in [4.78, 5) is 50.3. The lowest BCUT2D eigenvalue weighted by atomic mass is 10.3. The molecule has 0 saturated heterocycles. The summed E-state index contributed by atoms with van der Waals surface area (Å²) in [5.74, 6) is -0.00226.